The number of anilines is 2. The van der Waals surface area contributed by atoms with Gasteiger partial charge in [0.05, 0.1) is 23.9 Å². The van der Waals surface area contributed by atoms with E-state index in [1.165, 1.54) is 0 Å². The number of ether oxygens (including phenoxy) is 1. The summed E-state index contributed by atoms with van der Waals surface area (Å²) in [5.41, 5.74) is 3.34. The van der Waals surface area contributed by atoms with Crippen LogP contribution >= 0.6 is 11.6 Å². The fourth-order valence-electron chi connectivity index (χ4n) is 2.61. The topological polar surface area (TPSA) is 41.6 Å². The normalized spacial score (nSPS) is 14.6. The lowest BCUT2D eigenvalue weighted by Gasteiger charge is -2.29. The Morgan fingerprint density at radius 2 is 1.96 bits per heavy atom. The van der Waals surface area contributed by atoms with Crippen LogP contribution in [0.25, 0.3) is 0 Å². The quantitative estimate of drug-likeness (QED) is 0.932. The number of aryl methyl sites for hydroxylation is 1. The van der Waals surface area contributed by atoms with Crippen molar-refractivity contribution in [3.8, 4) is 0 Å². The molecule has 1 amide bonds. The first-order chi connectivity index (χ1) is 11.1. The molecule has 1 saturated heterocycles. The molecule has 1 heterocycles. The Kier molecular flexibility index (Phi) is 4.84. The molecule has 2 aromatic rings. The summed E-state index contributed by atoms with van der Waals surface area (Å²) in [6.07, 6.45) is 0. The van der Waals surface area contributed by atoms with Crippen molar-refractivity contribution in [2.24, 2.45) is 0 Å². The zero-order valence-corrected chi connectivity index (χ0v) is 13.8. The molecule has 120 valence electrons. The zero-order valence-electron chi connectivity index (χ0n) is 13.0. The average molecular weight is 331 g/mol. The molecule has 1 fully saturated rings. The summed E-state index contributed by atoms with van der Waals surface area (Å²) in [5, 5.41) is 3.43. The Morgan fingerprint density at radius 3 is 2.70 bits per heavy atom. The molecule has 0 bridgehead atoms. The van der Waals surface area contributed by atoms with Crippen LogP contribution in [-0.2, 0) is 4.74 Å². The molecule has 0 unspecified atom stereocenters. The van der Waals surface area contributed by atoms with Crippen molar-refractivity contribution < 1.29 is 9.53 Å². The number of morpholine rings is 1. The summed E-state index contributed by atoms with van der Waals surface area (Å²) in [5.74, 6) is -0.158. The molecule has 0 aromatic heterocycles. The van der Waals surface area contributed by atoms with Crippen LogP contribution in [0.1, 0.15) is 15.9 Å². The highest BCUT2D eigenvalue weighted by Gasteiger charge is 2.14. The summed E-state index contributed by atoms with van der Waals surface area (Å²) in [7, 11) is 0. The molecular formula is C18H19ClN2O2. The van der Waals surface area contributed by atoms with E-state index >= 15 is 0 Å². The average Bonchev–Trinajstić information content (AvgIpc) is 2.57. The number of hydrogen-bond acceptors (Lipinski definition) is 3. The molecule has 0 radical (unpaired) electrons. The lowest BCUT2D eigenvalue weighted by Crippen LogP contribution is -2.36. The predicted octanol–water partition coefficient (Wildman–Crippen LogP) is 3.74. The second kappa shape index (κ2) is 7.02. The van der Waals surface area contributed by atoms with E-state index in [4.69, 9.17) is 16.3 Å². The molecule has 2 aromatic carbocycles. The molecule has 5 heteroatoms. The number of nitrogens with one attached hydrogen (secondary N) is 1. The first-order valence-electron chi connectivity index (χ1n) is 7.64. The van der Waals surface area contributed by atoms with Gasteiger partial charge >= 0.3 is 0 Å². The second-order valence-corrected chi connectivity index (χ2v) is 5.99. The number of carbonyl (C=O) groups is 1. The second-order valence-electron chi connectivity index (χ2n) is 5.59. The van der Waals surface area contributed by atoms with Gasteiger partial charge in [-0.3, -0.25) is 4.79 Å². The van der Waals surface area contributed by atoms with Crippen LogP contribution in [0, 0.1) is 6.92 Å². The predicted molar refractivity (Wildman–Crippen MR) is 93.6 cm³/mol. The smallest absolute Gasteiger partial charge is 0.255 e. The Hall–Kier alpha value is -2.04. The van der Waals surface area contributed by atoms with Gasteiger partial charge in [-0.2, -0.15) is 0 Å². The van der Waals surface area contributed by atoms with E-state index in [2.05, 4.69) is 10.2 Å². The fourth-order valence-corrected chi connectivity index (χ4v) is 2.77. The number of benzene rings is 2. The SMILES string of the molecule is Cc1cccc(C(=O)Nc2cc(N3CCOCC3)ccc2Cl)c1. The molecule has 0 spiro atoms. The van der Waals surface area contributed by atoms with E-state index in [1.54, 1.807) is 6.07 Å². The third-order valence-corrected chi connectivity index (χ3v) is 4.18. The van der Waals surface area contributed by atoms with E-state index < -0.39 is 0 Å². The van der Waals surface area contributed by atoms with Crippen molar-refractivity contribution in [3.63, 3.8) is 0 Å². The lowest BCUT2D eigenvalue weighted by molar-refractivity contribution is 0.102. The first kappa shape index (κ1) is 15.8. The highest BCUT2D eigenvalue weighted by Crippen LogP contribution is 2.28. The minimum Gasteiger partial charge on any atom is -0.378 e. The van der Waals surface area contributed by atoms with E-state index in [0.717, 1.165) is 24.3 Å². The third kappa shape index (κ3) is 3.84. The van der Waals surface area contributed by atoms with E-state index in [1.807, 2.05) is 43.3 Å². The number of carbonyl (C=O) groups excluding carboxylic acids is 1. The molecule has 1 N–H and O–H groups in total. The highest BCUT2D eigenvalue weighted by atomic mass is 35.5. The zero-order chi connectivity index (χ0) is 16.2. The van der Waals surface area contributed by atoms with Crippen LogP contribution in [0.2, 0.25) is 5.02 Å². The van der Waals surface area contributed by atoms with Gasteiger partial charge in [-0.25, -0.2) is 0 Å². The van der Waals surface area contributed by atoms with Crippen LogP contribution in [0.15, 0.2) is 42.5 Å². The standard InChI is InChI=1S/C18H19ClN2O2/c1-13-3-2-4-14(11-13)18(22)20-17-12-15(5-6-16(17)19)21-7-9-23-10-8-21/h2-6,11-12H,7-10H2,1H3,(H,20,22). The Bertz CT molecular complexity index is 712. The van der Waals surface area contributed by atoms with Gasteiger partial charge in [-0.05, 0) is 37.3 Å². The van der Waals surface area contributed by atoms with Crippen molar-refractivity contribution in [1.82, 2.24) is 0 Å². The van der Waals surface area contributed by atoms with Gasteiger partial charge in [0.15, 0.2) is 0 Å². The minimum atomic E-state index is -0.158. The highest BCUT2D eigenvalue weighted by molar-refractivity contribution is 6.34. The number of amides is 1. The van der Waals surface area contributed by atoms with Crippen molar-refractivity contribution in [3.05, 3.63) is 58.6 Å². The van der Waals surface area contributed by atoms with Gasteiger partial charge in [0, 0.05) is 24.3 Å². The maximum absolute atomic E-state index is 12.4. The summed E-state index contributed by atoms with van der Waals surface area (Å²) in [6.45, 7) is 5.07. The molecule has 1 aliphatic rings. The molecular weight excluding hydrogens is 312 g/mol. The van der Waals surface area contributed by atoms with Crippen LogP contribution < -0.4 is 10.2 Å². The largest absolute Gasteiger partial charge is 0.378 e. The number of hydrogen-bond donors (Lipinski definition) is 1. The molecule has 3 rings (SSSR count). The fraction of sp³-hybridized carbons (Fsp3) is 0.278. The number of halogens is 1. The first-order valence-corrected chi connectivity index (χ1v) is 8.01. The Morgan fingerprint density at radius 1 is 1.17 bits per heavy atom. The van der Waals surface area contributed by atoms with Crippen molar-refractivity contribution in [2.45, 2.75) is 6.92 Å². The number of rotatable bonds is 3. The molecule has 0 saturated carbocycles. The Labute approximate surface area is 141 Å². The van der Waals surface area contributed by atoms with Crippen LogP contribution in [0.5, 0.6) is 0 Å². The summed E-state index contributed by atoms with van der Waals surface area (Å²) in [4.78, 5) is 14.6. The van der Waals surface area contributed by atoms with Crippen molar-refractivity contribution in [1.29, 1.82) is 0 Å². The molecule has 23 heavy (non-hydrogen) atoms. The van der Waals surface area contributed by atoms with Gasteiger partial charge in [-0.1, -0.05) is 29.3 Å². The third-order valence-electron chi connectivity index (χ3n) is 3.85. The molecule has 4 nitrogen and oxygen atoms in total. The maximum Gasteiger partial charge on any atom is 0.255 e. The minimum absolute atomic E-state index is 0.158. The van der Waals surface area contributed by atoms with Crippen LogP contribution in [0.3, 0.4) is 0 Å². The van der Waals surface area contributed by atoms with E-state index in [0.29, 0.717) is 29.5 Å². The maximum atomic E-state index is 12.4. The number of nitrogens with zero attached hydrogens (tertiary/aromatic N) is 1. The van der Waals surface area contributed by atoms with E-state index in [-0.39, 0.29) is 5.91 Å². The van der Waals surface area contributed by atoms with Gasteiger partial charge in [0.1, 0.15) is 0 Å². The van der Waals surface area contributed by atoms with Gasteiger partial charge in [0.2, 0.25) is 0 Å². The summed E-state index contributed by atoms with van der Waals surface area (Å²) < 4.78 is 5.37. The van der Waals surface area contributed by atoms with Gasteiger partial charge in [0.25, 0.3) is 5.91 Å². The van der Waals surface area contributed by atoms with E-state index in [9.17, 15) is 4.79 Å². The monoisotopic (exact) mass is 330 g/mol. The van der Waals surface area contributed by atoms with Crippen LogP contribution in [-0.4, -0.2) is 32.2 Å². The lowest BCUT2D eigenvalue weighted by atomic mass is 10.1. The molecule has 0 aliphatic carbocycles. The summed E-state index contributed by atoms with van der Waals surface area (Å²) >= 11 is 6.24. The molecule has 1 aliphatic heterocycles. The van der Waals surface area contributed by atoms with Crippen molar-refractivity contribution >= 4 is 28.9 Å². The van der Waals surface area contributed by atoms with Gasteiger partial charge < -0.3 is 15.0 Å². The van der Waals surface area contributed by atoms with Crippen LogP contribution in [0.4, 0.5) is 11.4 Å². The molecule has 0 atom stereocenters. The van der Waals surface area contributed by atoms with Crippen molar-refractivity contribution in [2.75, 3.05) is 36.5 Å². The Balaban J connectivity index is 1.80. The summed E-state index contributed by atoms with van der Waals surface area (Å²) in [6, 6.07) is 13.2. The van der Waals surface area contributed by atoms with Gasteiger partial charge in [-0.15, -0.1) is 0 Å².